The number of hydrogen-bond donors (Lipinski definition) is 4. The first kappa shape index (κ1) is 22.0. The molecule has 0 spiro atoms. The summed E-state index contributed by atoms with van der Waals surface area (Å²) in [6.07, 6.45) is -0.0652. The summed E-state index contributed by atoms with van der Waals surface area (Å²) in [6, 6.07) is 8.65. The summed E-state index contributed by atoms with van der Waals surface area (Å²) >= 11 is 0. The van der Waals surface area contributed by atoms with Crippen molar-refractivity contribution in [2.45, 2.75) is 17.4 Å². The zero-order valence-electron chi connectivity index (χ0n) is 15.0. The fraction of sp³-hybridized carbons (Fsp3) is 0.167. The molecule has 11 heteroatoms. The van der Waals surface area contributed by atoms with E-state index < -0.39 is 46.2 Å². The number of halogens is 1. The van der Waals surface area contributed by atoms with E-state index in [9.17, 15) is 32.3 Å². The van der Waals surface area contributed by atoms with Gasteiger partial charge in [0.1, 0.15) is 11.9 Å². The Labute approximate surface area is 165 Å². The van der Waals surface area contributed by atoms with Crippen LogP contribution in [0, 0.1) is 5.82 Å². The van der Waals surface area contributed by atoms with Gasteiger partial charge in [0, 0.05) is 12.0 Å². The first-order chi connectivity index (χ1) is 13.6. The minimum absolute atomic E-state index is 0.0652. The Bertz CT molecular complexity index is 1010. The molecule has 0 fully saturated rings. The van der Waals surface area contributed by atoms with Crippen LogP contribution in [0.5, 0.6) is 0 Å². The summed E-state index contributed by atoms with van der Waals surface area (Å²) in [7, 11) is -3.89. The lowest BCUT2D eigenvalue weighted by Gasteiger charge is -2.15. The van der Waals surface area contributed by atoms with Crippen LogP contribution in [0.4, 0.5) is 4.39 Å². The quantitative estimate of drug-likeness (QED) is 0.469. The van der Waals surface area contributed by atoms with Gasteiger partial charge in [-0.15, -0.1) is 0 Å². The van der Waals surface area contributed by atoms with Gasteiger partial charge >= 0.3 is 5.97 Å². The lowest BCUT2D eigenvalue weighted by Crippen LogP contribution is -2.46. The number of amides is 2. The number of carbonyl (C=O) groups is 3. The zero-order valence-corrected chi connectivity index (χ0v) is 15.8. The molecular weight excluding hydrogens is 405 g/mol. The smallest absolute Gasteiger partial charge is 0.326 e. The lowest BCUT2D eigenvalue weighted by molar-refractivity contribution is -0.141. The number of carbonyl (C=O) groups excluding carboxylic acids is 2. The number of hydrogen-bond acceptors (Lipinski definition) is 5. The van der Waals surface area contributed by atoms with Crippen LogP contribution in [0.3, 0.4) is 0 Å². The van der Waals surface area contributed by atoms with Crippen molar-refractivity contribution in [3.05, 3.63) is 65.5 Å². The number of carboxylic acids is 1. The highest BCUT2D eigenvalue weighted by atomic mass is 32.2. The molecule has 0 bridgehead atoms. The van der Waals surface area contributed by atoms with Gasteiger partial charge < -0.3 is 15.7 Å². The number of aliphatic carboxylic acids is 1. The Morgan fingerprint density at radius 2 is 1.62 bits per heavy atom. The van der Waals surface area contributed by atoms with E-state index in [1.807, 2.05) is 0 Å². The second-order valence-electron chi connectivity index (χ2n) is 6.04. The molecule has 0 heterocycles. The van der Waals surface area contributed by atoms with Crippen LogP contribution >= 0.6 is 0 Å². The van der Waals surface area contributed by atoms with E-state index in [2.05, 4.69) is 10.6 Å². The molecule has 154 valence electrons. The Morgan fingerprint density at radius 3 is 2.14 bits per heavy atom. The molecule has 0 saturated carbocycles. The van der Waals surface area contributed by atoms with Gasteiger partial charge in [-0.3, -0.25) is 9.59 Å². The molecule has 0 aliphatic carbocycles. The number of benzene rings is 2. The monoisotopic (exact) mass is 423 g/mol. The number of nitrogens with one attached hydrogen (secondary N) is 2. The number of nitrogens with two attached hydrogens (primary N) is 1. The van der Waals surface area contributed by atoms with E-state index in [1.54, 1.807) is 0 Å². The molecule has 9 nitrogen and oxygen atoms in total. The molecule has 29 heavy (non-hydrogen) atoms. The minimum atomic E-state index is -3.89. The summed E-state index contributed by atoms with van der Waals surface area (Å²) in [5, 5.41) is 18.8. The molecule has 0 saturated heterocycles. The van der Waals surface area contributed by atoms with Crippen LogP contribution in [0.1, 0.15) is 15.9 Å². The number of carboxylic acid groups (broad SMARTS) is 1. The number of primary sulfonamides is 1. The second kappa shape index (κ2) is 9.26. The molecule has 2 aromatic rings. The maximum atomic E-state index is 12.9. The van der Waals surface area contributed by atoms with Crippen LogP contribution in [0.2, 0.25) is 0 Å². The van der Waals surface area contributed by atoms with Gasteiger partial charge in [0.25, 0.3) is 5.91 Å². The molecule has 0 aliphatic heterocycles. The molecular formula is C18H18FN3O6S. The first-order valence-corrected chi connectivity index (χ1v) is 9.78. The third kappa shape index (κ3) is 6.66. The molecule has 2 amide bonds. The molecule has 0 radical (unpaired) electrons. The SMILES string of the molecule is NS(=O)(=O)c1ccc(C(=O)NCC(=O)NC(Cc2ccc(F)cc2)C(=O)O)cc1. The van der Waals surface area contributed by atoms with Crippen molar-refractivity contribution in [1.29, 1.82) is 0 Å². The van der Waals surface area contributed by atoms with Crippen molar-refractivity contribution in [2.75, 3.05) is 6.54 Å². The van der Waals surface area contributed by atoms with E-state index in [1.165, 1.54) is 36.4 Å². The highest BCUT2D eigenvalue weighted by Crippen LogP contribution is 2.09. The fourth-order valence-electron chi connectivity index (χ4n) is 2.36. The lowest BCUT2D eigenvalue weighted by atomic mass is 10.1. The van der Waals surface area contributed by atoms with Crippen molar-refractivity contribution >= 4 is 27.8 Å². The average Bonchev–Trinajstić information content (AvgIpc) is 2.66. The van der Waals surface area contributed by atoms with Gasteiger partial charge in [-0.05, 0) is 42.0 Å². The standard InChI is InChI=1S/C18H18FN3O6S/c19-13-5-1-11(2-6-13)9-15(18(25)26)22-16(23)10-21-17(24)12-3-7-14(8-4-12)29(20,27)28/h1-8,15H,9-10H2,(H,21,24)(H,22,23)(H,25,26)(H2,20,27,28). The van der Waals surface area contributed by atoms with Crippen molar-refractivity contribution in [3.8, 4) is 0 Å². The molecule has 1 atom stereocenters. The Balaban J connectivity index is 1.92. The highest BCUT2D eigenvalue weighted by Gasteiger charge is 2.21. The van der Waals surface area contributed by atoms with Crippen molar-refractivity contribution in [2.24, 2.45) is 5.14 Å². The maximum absolute atomic E-state index is 12.9. The van der Waals surface area contributed by atoms with Gasteiger partial charge in [0.15, 0.2) is 0 Å². The molecule has 2 aromatic carbocycles. The number of rotatable bonds is 8. The molecule has 2 rings (SSSR count). The van der Waals surface area contributed by atoms with Crippen LogP contribution < -0.4 is 15.8 Å². The molecule has 0 aromatic heterocycles. The predicted molar refractivity (Wildman–Crippen MR) is 99.8 cm³/mol. The predicted octanol–water partition coefficient (Wildman–Crippen LogP) is 0.0150. The third-order valence-corrected chi connectivity index (χ3v) is 4.77. The second-order valence-corrected chi connectivity index (χ2v) is 7.60. The van der Waals surface area contributed by atoms with E-state index in [4.69, 9.17) is 5.14 Å². The summed E-state index contributed by atoms with van der Waals surface area (Å²) in [4.78, 5) is 35.2. The van der Waals surface area contributed by atoms with E-state index in [-0.39, 0.29) is 16.9 Å². The van der Waals surface area contributed by atoms with Gasteiger partial charge in [-0.2, -0.15) is 0 Å². The largest absolute Gasteiger partial charge is 0.480 e. The highest BCUT2D eigenvalue weighted by molar-refractivity contribution is 7.89. The van der Waals surface area contributed by atoms with Crippen molar-refractivity contribution < 1.29 is 32.3 Å². The van der Waals surface area contributed by atoms with Crippen molar-refractivity contribution in [1.82, 2.24) is 10.6 Å². The van der Waals surface area contributed by atoms with Crippen molar-refractivity contribution in [3.63, 3.8) is 0 Å². The van der Waals surface area contributed by atoms with Crippen LogP contribution in [-0.4, -0.2) is 43.9 Å². The van der Waals surface area contributed by atoms with Gasteiger partial charge in [0.2, 0.25) is 15.9 Å². The summed E-state index contributed by atoms with van der Waals surface area (Å²) in [5.41, 5.74) is 0.601. The summed E-state index contributed by atoms with van der Waals surface area (Å²) in [6.45, 7) is -0.497. The van der Waals surface area contributed by atoms with Gasteiger partial charge in [0.05, 0.1) is 11.4 Å². The van der Waals surface area contributed by atoms with Gasteiger partial charge in [-0.1, -0.05) is 12.1 Å². The van der Waals surface area contributed by atoms with Gasteiger partial charge in [-0.25, -0.2) is 22.7 Å². The third-order valence-electron chi connectivity index (χ3n) is 3.84. The Kier molecular flexibility index (Phi) is 7.02. The average molecular weight is 423 g/mol. The summed E-state index contributed by atoms with van der Waals surface area (Å²) in [5.74, 6) is -3.16. The number of sulfonamides is 1. The normalized spacial score (nSPS) is 12.1. The van der Waals surface area contributed by atoms with E-state index in [0.29, 0.717) is 5.56 Å². The summed E-state index contributed by atoms with van der Waals surface area (Å²) < 4.78 is 35.3. The van der Waals surface area contributed by atoms with E-state index in [0.717, 1.165) is 12.1 Å². The Morgan fingerprint density at radius 1 is 1.03 bits per heavy atom. The maximum Gasteiger partial charge on any atom is 0.326 e. The topological polar surface area (TPSA) is 156 Å². The van der Waals surface area contributed by atoms with Crippen LogP contribution in [-0.2, 0) is 26.0 Å². The molecule has 5 N–H and O–H groups in total. The van der Waals surface area contributed by atoms with Crippen LogP contribution in [0.25, 0.3) is 0 Å². The zero-order chi connectivity index (χ0) is 21.6. The molecule has 0 aliphatic rings. The first-order valence-electron chi connectivity index (χ1n) is 8.24. The fourth-order valence-corrected chi connectivity index (χ4v) is 2.88. The minimum Gasteiger partial charge on any atom is -0.480 e. The van der Waals surface area contributed by atoms with E-state index >= 15 is 0 Å². The Hall–Kier alpha value is -3.31. The van der Waals surface area contributed by atoms with Crippen LogP contribution in [0.15, 0.2) is 53.4 Å². The molecule has 1 unspecified atom stereocenters.